The van der Waals surface area contributed by atoms with Crippen LogP contribution in [0.5, 0.6) is 0 Å². The summed E-state index contributed by atoms with van der Waals surface area (Å²) in [4.78, 5) is -1.17. The second-order valence-electron chi connectivity index (χ2n) is 1.20. The highest BCUT2D eigenvalue weighted by atomic mass is 79.9. The zero-order valence-corrected chi connectivity index (χ0v) is 5.24. The number of rotatable bonds is 1. The van der Waals surface area contributed by atoms with Crippen molar-refractivity contribution in [2.24, 2.45) is 0 Å². The first kappa shape index (κ1) is 7.30. The lowest BCUT2D eigenvalue weighted by molar-refractivity contribution is -0.193. The molecular formula is C3H5BrF2O. The van der Waals surface area contributed by atoms with Gasteiger partial charge in [-0.05, 0) is 6.92 Å². The first-order valence-corrected chi connectivity index (χ1v) is 2.60. The van der Waals surface area contributed by atoms with Gasteiger partial charge in [0.25, 0.3) is 0 Å². The molecule has 1 unspecified atom stereocenters. The molecule has 0 aliphatic carbocycles. The highest BCUT2D eigenvalue weighted by Crippen LogP contribution is 2.19. The van der Waals surface area contributed by atoms with Gasteiger partial charge in [-0.3, -0.25) is 0 Å². The first-order valence-electron chi connectivity index (χ1n) is 1.69. The maximum absolute atomic E-state index is 11.4. The van der Waals surface area contributed by atoms with Gasteiger partial charge >= 0.3 is 6.11 Å². The summed E-state index contributed by atoms with van der Waals surface area (Å²) >= 11 is 2.49. The molecule has 44 valence electrons. The number of alkyl halides is 3. The van der Waals surface area contributed by atoms with Crippen molar-refractivity contribution >= 4 is 15.9 Å². The molecule has 0 amide bonds. The normalized spacial score (nSPS) is 16.7. The predicted molar refractivity (Wildman–Crippen MR) is 25.6 cm³/mol. The third-order valence-electron chi connectivity index (χ3n) is 0.479. The van der Waals surface area contributed by atoms with Gasteiger partial charge < -0.3 is 5.11 Å². The van der Waals surface area contributed by atoms with Crippen molar-refractivity contribution in [3.05, 3.63) is 0 Å². The maximum atomic E-state index is 11.4. The minimum absolute atomic E-state index is 1.17. The summed E-state index contributed by atoms with van der Waals surface area (Å²) in [5, 5.41) is 7.71. The second-order valence-corrected chi connectivity index (χ2v) is 2.58. The molecule has 1 N–H and O–H groups in total. The molecule has 0 bridgehead atoms. The Bertz CT molecular complexity index is 58.4. The Morgan fingerprint density at radius 1 is 1.71 bits per heavy atom. The summed E-state index contributed by atoms with van der Waals surface area (Å²) in [5.41, 5.74) is 0. The average molecular weight is 175 g/mol. The molecule has 4 heteroatoms. The monoisotopic (exact) mass is 174 g/mol. The third kappa shape index (κ3) is 2.93. The molecule has 7 heavy (non-hydrogen) atoms. The van der Waals surface area contributed by atoms with Gasteiger partial charge in [0.2, 0.25) is 0 Å². The largest absolute Gasteiger partial charge is 0.365 e. The molecule has 1 nitrogen and oxygen atoms in total. The van der Waals surface area contributed by atoms with E-state index in [1.54, 1.807) is 0 Å². The van der Waals surface area contributed by atoms with E-state index in [2.05, 4.69) is 15.9 Å². The van der Waals surface area contributed by atoms with Crippen LogP contribution in [0, 0.1) is 0 Å². The summed E-state index contributed by atoms with van der Waals surface area (Å²) in [6.07, 6.45) is -3.58. The van der Waals surface area contributed by atoms with E-state index in [9.17, 15) is 8.78 Å². The summed E-state index contributed by atoms with van der Waals surface area (Å²) in [6, 6.07) is 0. The Labute approximate surface area is 48.5 Å². The van der Waals surface area contributed by atoms with Gasteiger partial charge in [-0.1, -0.05) is 15.9 Å². The van der Waals surface area contributed by atoms with Crippen LogP contribution in [-0.4, -0.2) is 16.0 Å². The van der Waals surface area contributed by atoms with Crippen LogP contribution in [-0.2, 0) is 0 Å². The van der Waals surface area contributed by atoms with E-state index in [1.165, 1.54) is 6.92 Å². The van der Waals surface area contributed by atoms with E-state index in [-0.39, 0.29) is 0 Å². The van der Waals surface area contributed by atoms with Crippen molar-refractivity contribution in [2.75, 3.05) is 0 Å². The standard InChI is InChI=1S/C3H5BrF2O/c1-2(4)3(5,6)7/h2,7H,1H3. The molecule has 0 radical (unpaired) electrons. The van der Waals surface area contributed by atoms with Crippen molar-refractivity contribution in [3.8, 4) is 0 Å². The molecule has 1 atom stereocenters. The molecule has 0 aliphatic heterocycles. The molecule has 0 aromatic rings. The topological polar surface area (TPSA) is 20.2 Å². The number of hydrogen-bond acceptors (Lipinski definition) is 1. The minimum Gasteiger partial charge on any atom is -0.335 e. The lowest BCUT2D eigenvalue weighted by Crippen LogP contribution is -2.24. The zero-order chi connectivity index (χ0) is 6.08. The van der Waals surface area contributed by atoms with Crippen LogP contribution in [0.3, 0.4) is 0 Å². The Hall–Kier alpha value is 0.300. The Balaban J connectivity index is 3.54. The molecule has 0 spiro atoms. The summed E-state index contributed by atoms with van der Waals surface area (Å²) in [5.74, 6) is 0. The Morgan fingerprint density at radius 3 is 1.86 bits per heavy atom. The molecular weight excluding hydrogens is 170 g/mol. The zero-order valence-electron chi connectivity index (χ0n) is 3.66. The van der Waals surface area contributed by atoms with Crippen LogP contribution in [0.4, 0.5) is 8.78 Å². The SMILES string of the molecule is CC(Br)C(O)(F)F. The van der Waals surface area contributed by atoms with Gasteiger partial charge in [-0.15, -0.1) is 0 Å². The van der Waals surface area contributed by atoms with Crippen molar-refractivity contribution in [3.63, 3.8) is 0 Å². The summed E-state index contributed by atoms with van der Waals surface area (Å²) in [7, 11) is 0. The van der Waals surface area contributed by atoms with Crippen LogP contribution in [0.25, 0.3) is 0 Å². The Morgan fingerprint density at radius 2 is 1.86 bits per heavy atom. The van der Waals surface area contributed by atoms with E-state index in [0.29, 0.717) is 0 Å². The van der Waals surface area contributed by atoms with Gasteiger partial charge in [0.1, 0.15) is 4.83 Å². The second kappa shape index (κ2) is 2.05. The predicted octanol–water partition coefficient (Wildman–Crippen LogP) is 1.35. The van der Waals surface area contributed by atoms with Gasteiger partial charge in [-0.25, -0.2) is 0 Å². The lowest BCUT2D eigenvalue weighted by atomic mass is 10.5. The first-order chi connectivity index (χ1) is 2.94. The van der Waals surface area contributed by atoms with Crippen LogP contribution < -0.4 is 0 Å². The van der Waals surface area contributed by atoms with Gasteiger partial charge in [-0.2, -0.15) is 8.78 Å². The van der Waals surface area contributed by atoms with Gasteiger partial charge in [0.15, 0.2) is 0 Å². The number of halogens is 3. The van der Waals surface area contributed by atoms with Crippen molar-refractivity contribution < 1.29 is 13.9 Å². The van der Waals surface area contributed by atoms with E-state index in [0.717, 1.165) is 0 Å². The summed E-state index contributed by atoms with van der Waals surface area (Å²) < 4.78 is 22.7. The lowest BCUT2D eigenvalue weighted by Gasteiger charge is -2.08. The highest BCUT2D eigenvalue weighted by molar-refractivity contribution is 9.09. The molecule has 0 aromatic heterocycles. The van der Waals surface area contributed by atoms with E-state index in [1.807, 2.05) is 0 Å². The molecule has 0 fully saturated rings. The van der Waals surface area contributed by atoms with E-state index >= 15 is 0 Å². The van der Waals surface area contributed by atoms with Crippen LogP contribution in [0.1, 0.15) is 6.92 Å². The molecule has 0 aliphatic rings. The van der Waals surface area contributed by atoms with Crippen molar-refractivity contribution in [1.29, 1.82) is 0 Å². The summed E-state index contributed by atoms with van der Waals surface area (Å²) in [6.45, 7) is 1.17. The molecule has 0 saturated heterocycles. The molecule has 0 saturated carbocycles. The fourth-order valence-corrected chi connectivity index (χ4v) is 0. The fraction of sp³-hybridized carbons (Fsp3) is 1.00. The van der Waals surface area contributed by atoms with E-state index in [4.69, 9.17) is 5.11 Å². The van der Waals surface area contributed by atoms with Crippen molar-refractivity contribution in [2.45, 2.75) is 17.9 Å². The average Bonchev–Trinajstić information content (AvgIpc) is 1.31. The quantitative estimate of drug-likeness (QED) is 0.596. The van der Waals surface area contributed by atoms with Gasteiger partial charge in [0, 0.05) is 0 Å². The molecule has 0 heterocycles. The van der Waals surface area contributed by atoms with Crippen LogP contribution in [0.15, 0.2) is 0 Å². The fourth-order valence-electron chi connectivity index (χ4n) is 0. The Kier molecular flexibility index (Phi) is 2.13. The third-order valence-corrected chi connectivity index (χ3v) is 1.03. The van der Waals surface area contributed by atoms with Crippen LogP contribution >= 0.6 is 15.9 Å². The highest BCUT2D eigenvalue weighted by Gasteiger charge is 2.30. The minimum atomic E-state index is -3.58. The smallest absolute Gasteiger partial charge is 0.335 e. The van der Waals surface area contributed by atoms with E-state index < -0.39 is 10.9 Å². The molecule has 0 aromatic carbocycles. The number of aliphatic hydroxyl groups is 1. The number of hydrogen-bond donors (Lipinski definition) is 1. The van der Waals surface area contributed by atoms with Crippen LogP contribution in [0.2, 0.25) is 0 Å². The van der Waals surface area contributed by atoms with Gasteiger partial charge in [0.05, 0.1) is 0 Å². The maximum Gasteiger partial charge on any atom is 0.365 e. The molecule has 0 rings (SSSR count). The van der Waals surface area contributed by atoms with Crippen molar-refractivity contribution in [1.82, 2.24) is 0 Å².